The Balaban J connectivity index is 1.41. The van der Waals surface area contributed by atoms with E-state index in [0.717, 1.165) is 11.0 Å². The standard InChI is InChI=1S/C19H19N3O4S/c20-17(23)10-25-13-5-7-22(8-6-13)19(24)14-11-27-18(21-14)16-9-12-3-1-2-4-15(12)26-16/h1-4,9,11,13H,5-8,10H2,(H2,20,23). The highest BCUT2D eigenvalue weighted by atomic mass is 32.1. The molecular weight excluding hydrogens is 366 g/mol. The number of piperidine rings is 1. The van der Waals surface area contributed by atoms with Crippen LogP contribution in [0.25, 0.3) is 21.7 Å². The maximum atomic E-state index is 12.7. The number of hydrogen-bond donors (Lipinski definition) is 1. The van der Waals surface area contributed by atoms with Crippen molar-refractivity contribution in [1.29, 1.82) is 0 Å². The number of aromatic nitrogens is 1. The molecule has 0 saturated carbocycles. The molecule has 3 heterocycles. The van der Waals surface area contributed by atoms with Crippen LogP contribution in [0.4, 0.5) is 0 Å². The second kappa shape index (κ2) is 7.50. The molecule has 1 fully saturated rings. The summed E-state index contributed by atoms with van der Waals surface area (Å²) in [5.74, 6) is 0.0925. The number of para-hydroxylation sites is 1. The van der Waals surface area contributed by atoms with Crippen LogP contribution in [0.5, 0.6) is 0 Å². The molecule has 2 aromatic heterocycles. The van der Waals surface area contributed by atoms with Crippen LogP contribution in [-0.4, -0.2) is 47.5 Å². The van der Waals surface area contributed by atoms with E-state index in [-0.39, 0.29) is 18.6 Å². The molecule has 3 aromatic rings. The second-order valence-corrected chi connectivity index (χ2v) is 7.31. The minimum atomic E-state index is -0.478. The van der Waals surface area contributed by atoms with E-state index in [2.05, 4.69) is 4.98 Å². The third-order valence-electron chi connectivity index (χ3n) is 4.55. The first-order chi connectivity index (χ1) is 13.1. The molecule has 2 amide bonds. The highest BCUT2D eigenvalue weighted by Gasteiger charge is 2.26. The average Bonchev–Trinajstić information content (AvgIpc) is 3.33. The van der Waals surface area contributed by atoms with Gasteiger partial charge >= 0.3 is 0 Å². The largest absolute Gasteiger partial charge is 0.454 e. The van der Waals surface area contributed by atoms with Crippen molar-refractivity contribution < 1.29 is 18.7 Å². The number of benzene rings is 1. The van der Waals surface area contributed by atoms with Gasteiger partial charge in [-0.05, 0) is 25.0 Å². The fourth-order valence-electron chi connectivity index (χ4n) is 3.16. The van der Waals surface area contributed by atoms with Gasteiger partial charge in [0, 0.05) is 23.9 Å². The number of thiazole rings is 1. The molecule has 1 saturated heterocycles. The maximum Gasteiger partial charge on any atom is 0.273 e. The molecular formula is C19H19N3O4S. The van der Waals surface area contributed by atoms with Gasteiger partial charge in [-0.3, -0.25) is 9.59 Å². The Morgan fingerprint density at radius 3 is 2.81 bits per heavy atom. The Morgan fingerprint density at radius 1 is 1.30 bits per heavy atom. The highest BCUT2D eigenvalue weighted by molar-refractivity contribution is 7.13. The topological polar surface area (TPSA) is 98.7 Å². The van der Waals surface area contributed by atoms with Crippen LogP contribution in [-0.2, 0) is 9.53 Å². The van der Waals surface area contributed by atoms with Crippen molar-refractivity contribution in [2.45, 2.75) is 18.9 Å². The van der Waals surface area contributed by atoms with Gasteiger partial charge in [0.25, 0.3) is 5.91 Å². The quantitative estimate of drug-likeness (QED) is 0.728. The van der Waals surface area contributed by atoms with Gasteiger partial charge in [0.2, 0.25) is 5.91 Å². The van der Waals surface area contributed by atoms with E-state index < -0.39 is 5.91 Å². The summed E-state index contributed by atoms with van der Waals surface area (Å²) in [4.78, 5) is 29.7. The summed E-state index contributed by atoms with van der Waals surface area (Å²) in [7, 11) is 0. The monoisotopic (exact) mass is 385 g/mol. The summed E-state index contributed by atoms with van der Waals surface area (Å²) in [6.07, 6.45) is 1.32. The molecule has 0 unspecified atom stereocenters. The van der Waals surface area contributed by atoms with Crippen molar-refractivity contribution in [2.24, 2.45) is 5.73 Å². The third-order valence-corrected chi connectivity index (χ3v) is 5.41. The van der Waals surface area contributed by atoms with Gasteiger partial charge in [-0.2, -0.15) is 0 Å². The zero-order valence-corrected chi connectivity index (χ0v) is 15.4. The van der Waals surface area contributed by atoms with Crippen molar-refractivity contribution in [1.82, 2.24) is 9.88 Å². The fourth-order valence-corrected chi connectivity index (χ4v) is 3.90. The number of amides is 2. The van der Waals surface area contributed by atoms with Crippen LogP contribution in [0.1, 0.15) is 23.3 Å². The van der Waals surface area contributed by atoms with Gasteiger partial charge < -0.3 is 19.8 Å². The van der Waals surface area contributed by atoms with Crippen molar-refractivity contribution in [3.63, 3.8) is 0 Å². The number of hydrogen-bond acceptors (Lipinski definition) is 6. The number of carbonyl (C=O) groups is 2. The van der Waals surface area contributed by atoms with Crippen LogP contribution in [0.15, 0.2) is 40.1 Å². The van der Waals surface area contributed by atoms with Gasteiger partial charge in [0.1, 0.15) is 17.9 Å². The lowest BCUT2D eigenvalue weighted by molar-refractivity contribution is -0.125. The van der Waals surface area contributed by atoms with Crippen LogP contribution in [0, 0.1) is 0 Å². The Morgan fingerprint density at radius 2 is 2.07 bits per heavy atom. The lowest BCUT2D eigenvalue weighted by atomic mass is 10.1. The van der Waals surface area contributed by atoms with Crippen molar-refractivity contribution in [3.05, 3.63) is 41.4 Å². The lowest BCUT2D eigenvalue weighted by Crippen LogP contribution is -2.41. The Labute approximate surface area is 159 Å². The smallest absolute Gasteiger partial charge is 0.273 e. The van der Waals surface area contributed by atoms with E-state index >= 15 is 0 Å². The summed E-state index contributed by atoms with van der Waals surface area (Å²) < 4.78 is 11.3. The van der Waals surface area contributed by atoms with Gasteiger partial charge in [-0.25, -0.2) is 4.98 Å². The minimum absolute atomic E-state index is 0.0388. The molecule has 0 bridgehead atoms. The summed E-state index contributed by atoms with van der Waals surface area (Å²) >= 11 is 1.39. The summed E-state index contributed by atoms with van der Waals surface area (Å²) in [5.41, 5.74) is 6.32. The molecule has 2 N–H and O–H groups in total. The predicted molar refractivity (Wildman–Crippen MR) is 101 cm³/mol. The molecule has 27 heavy (non-hydrogen) atoms. The van der Waals surface area contributed by atoms with Gasteiger partial charge in [-0.15, -0.1) is 11.3 Å². The number of fused-ring (bicyclic) bond motifs is 1. The molecule has 4 rings (SSSR count). The molecule has 140 valence electrons. The summed E-state index contributed by atoms with van der Waals surface area (Å²) in [6, 6.07) is 9.69. The number of ether oxygens (including phenoxy) is 1. The van der Waals surface area contributed by atoms with Gasteiger partial charge in [0.15, 0.2) is 10.8 Å². The van der Waals surface area contributed by atoms with Crippen LogP contribution in [0.3, 0.4) is 0 Å². The van der Waals surface area contributed by atoms with Crippen molar-refractivity contribution in [3.8, 4) is 10.8 Å². The van der Waals surface area contributed by atoms with Crippen LogP contribution < -0.4 is 5.73 Å². The summed E-state index contributed by atoms with van der Waals surface area (Å²) in [6.45, 7) is 1.06. The van der Waals surface area contributed by atoms with E-state index in [0.29, 0.717) is 42.4 Å². The summed E-state index contributed by atoms with van der Waals surface area (Å²) in [5, 5.41) is 3.46. The number of primary amides is 1. The molecule has 1 aliphatic rings. The Bertz CT molecular complexity index is 939. The van der Waals surface area contributed by atoms with E-state index in [1.807, 2.05) is 30.3 Å². The van der Waals surface area contributed by atoms with Crippen LogP contribution in [0.2, 0.25) is 0 Å². The Hall–Kier alpha value is -2.71. The highest BCUT2D eigenvalue weighted by Crippen LogP contribution is 2.30. The first-order valence-electron chi connectivity index (χ1n) is 8.74. The van der Waals surface area contributed by atoms with E-state index in [4.69, 9.17) is 14.9 Å². The molecule has 0 spiro atoms. The van der Waals surface area contributed by atoms with Crippen molar-refractivity contribution >= 4 is 34.1 Å². The number of nitrogens with two attached hydrogens (primary N) is 1. The first-order valence-corrected chi connectivity index (χ1v) is 9.62. The average molecular weight is 385 g/mol. The number of carbonyl (C=O) groups excluding carboxylic acids is 2. The zero-order chi connectivity index (χ0) is 18.8. The molecule has 0 radical (unpaired) electrons. The van der Waals surface area contributed by atoms with Crippen LogP contribution >= 0.6 is 11.3 Å². The number of nitrogens with zero attached hydrogens (tertiary/aromatic N) is 2. The predicted octanol–water partition coefficient (Wildman–Crippen LogP) is 2.66. The first kappa shape index (κ1) is 17.7. The molecule has 0 aliphatic carbocycles. The molecule has 1 aromatic carbocycles. The van der Waals surface area contributed by atoms with E-state index in [1.54, 1.807) is 10.3 Å². The molecule has 1 aliphatic heterocycles. The fraction of sp³-hybridized carbons (Fsp3) is 0.316. The normalized spacial score (nSPS) is 15.3. The molecule has 8 heteroatoms. The minimum Gasteiger partial charge on any atom is -0.454 e. The van der Waals surface area contributed by atoms with Crippen molar-refractivity contribution in [2.75, 3.05) is 19.7 Å². The SMILES string of the molecule is NC(=O)COC1CCN(C(=O)c2csc(-c3cc4ccccc4o3)n2)CC1. The number of furan rings is 1. The molecule has 0 atom stereocenters. The van der Waals surface area contributed by atoms with Gasteiger partial charge in [0.05, 0.1) is 6.10 Å². The Kier molecular flexibility index (Phi) is 4.91. The lowest BCUT2D eigenvalue weighted by Gasteiger charge is -2.31. The number of rotatable bonds is 5. The second-order valence-electron chi connectivity index (χ2n) is 6.46. The van der Waals surface area contributed by atoms with E-state index in [1.165, 1.54) is 11.3 Å². The third kappa shape index (κ3) is 3.86. The zero-order valence-electron chi connectivity index (χ0n) is 14.6. The van der Waals surface area contributed by atoms with E-state index in [9.17, 15) is 9.59 Å². The van der Waals surface area contributed by atoms with Gasteiger partial charge in [-0.1, -0.05) is 18.2 Å². The molecule has 7 nitrogen and oxygen atoms in total. The maximum absolute atomic E-state index is 12.7. The number of likely N-dealkylation sites (tertiary alicyclic amines) is 1.